The van der Waals surface area contributed by atoms with Gasteiger partial charge in [0, 0.05) is 30.8 Å². The predicted octanol–water partition coefficient (Wildman–Crippen LogP) is 3.40. The fourth-order valence-corrected chi connectivity index (χ4v) is 3.21. The standard InChI is InChI=1S/C24H27N3O6/c1-2-3-13-33-21-9-7-19(8-10-21)23(28)25-22(24(29)26-11-14-32-15-12-26)17-18-5-4-6-20(16-18)27(30)31/h4-10,16-17H,2-3,11-15H2,1H3,(H,25,28)/b22-17+. The first kappa shape index (κ1) is 23.9. The number of nitro groups is 1. The summed E-state index contributed by atoms with van der Waals surface area (Å²) in [5.41, 5.74) is 0.718. The summed E-state index contributed by atoms with van der Waals surface area (Å²) >= 11 is 0. The van der Waals surface area contributed by atoms with Crippen molar-refractivity contribution in [1.82, 2.24) is 10.2 Å². The summed E-state index contributed by atoms with van der Waals surface area (Å²) in [5, 5.41) is 13.8. The van der Waals surface area contributed by atoms with Gasteiger partial charge in [0.25, 0.3) is 17.5 Å². The Morgan fingerprint density at radius 1 is 1.18 bits per heavy atom. The van der Waals surface area contributed by atoms with Crippen molar-refractivity contribution in [3.05, 3.63) is 75.5 Å². The number of benzene rings is 2. The summed E-state index contributed by atoms with van der Waals surface area (Å²) in [6, 6.07) is 12.5. The highest BCUT2D eigenvalue weighted by molar-refractivity contribution is 6.05. The molecule has 0 saturated carbocycles. The van der Waals surface area contributed by atoms with Gasteiger partial charge in [0.1, 0.15) is 11.4 Å². The molecule has 2 aromatic rings. The average Bonchev–Trinajstić information content (AvgIpc) is 2.84. The lowest BCUT2D eigenvalue weighted by atomic mass is 10.1. The molecule has 1 heterocycles. The lowest BCUT2D eigenvalue weighted by molar-refractivity contribution is -0.384. The number of rotatable bonds is 9. The topological polar surface area (TPSA) is 111 Å². The molecule has 0 radical (unpaired) electrons. The molecule has 0 aromatic heterocycles. The number of morpholine rings is 1. The lowest BCUT2D eigenvalue weighted by Crippen LogP contribution is -2.44. The third kappa shape index (κ3) is 6.88. The zero-order chi connectivity index (χ0) is 23.6. The van der Waals surface area contributed by atoms with Crippen LogP contribution in [-0.4, -0.2) is 54.5 Å². The van der Waals surface area contributed by atoms with E-state index in [1.807, 2.05) is 0 Å². The van der Waals surface area contributed by atoms with Crippen molar-refractivity contribution in [1.29, 1.82) is 0 Å². The minimum Gasteiger partial charge on any atom is -0.494 e. The molecular formula is C24H27N3O6. The Kier molecular flexibility index (Phi) is 8.54. The van der Waals surface area contributed by atoms with Crippen molar-refractivity contribution in [2.75, 3.05) is 32.9 Å². The Morgan fingerprint density at radius 2 is 1.91 bits per heavy atom. The molecule has 0 spiro atoms. The second kappa shape index (κ2) is 11.8. The van der Waals surface area contributed by atoms with Crippen LogP contribution >= 0.6 is 0 Å². The number of nitrogens with one attached hydrogen (secondary N) is 1. The Balaban J connectivity index is 1.81. The fourth-order valence-electron chi connectivity index (χ4n) is 3.21. The molecule has 0 bridgehead atoms. The molecule has 3 rings (SSSR count). The number of carbonyl (C=O) groups is 2. The molecule has 9 nitrogen and oxygen atoms in total. The maximum atomic E-state index is 13.1. The van der Waals surface area contributed by atoms with Crippen LogP contribution < -0.4 is 10.1 Å². The van der Waals surface area contributed by atoms with Gasteiger partial charge >= 0.3 is 0 Å². The van der Waals surface area contributed by atoms with E-state index in [9.17, 15) is 19.7 Å². The van der Waals surface area contributed by atoms with Gasteiger partial charge in [0.05, 0.1) is 24.7 Å². The molecule has 1 N–H and O–H groups in total. The van der Waals surface area contributed by atoms with Crippen molar-refractivity contribution in [3.63, 3.8) is 0 Å². The first-order valence-corrected chi connectivity index (χ1v) is 10.9. The van der Waals surface area contributed by atoms with Gasteiger partial charge in [-0.05, 0) is 42.3 Å². The zero-order valence-electron chi connectivity index (χ0n) is 18.5. The summed E-state index contributed by atoms with van der Waals surface area (Å²) in [4.78, 5) is 38.2. The third-order valence-corrected chi connectivity index (χ3v) is 5.05. The van der Waals surface area contributed by atoms with E-state index in [1.54, 1.807) is 35.2 Å². The summed E-state index contributed by atoms with van der Waals surface area (Å²) in [7, 11) is 0. The summed E-state index contributed by atoms with van der Waals surface area (Å²) < 4.78 is 10.9. The largest absolute Gasteiger partial charge is 0.494 e. The maximum absolute atomic E-state index is 13.1. The number of nitrogens with zero attached hydrogens (tertiary/aromatic N) is 2. The molecule has 0 unspecified atom stereocenters. The number of carbonyl (C=O) groups excluding carboxylic acids is 2. The van der Waals surface area contributed by atoms with E-state index in [1.165, 1.54) is 24.3 Å². The minimum atomic E-state index is -0.510. The van der Waals surface area contributed by atoms with Gasteiger partial charge in [0.15, 0.2) is 0 Å². The second-order valence-electron chi connectivity index (χ2n) is 7.50. The molecule has 0 atom stereocenters. The normalized spacial score (nSPS) is 14.0. The molecule has 174 valence electrons. The van der Waals surface area contributed by atoms with Gasteiger partial charge in [-0.25, -0.2) is 0 Å². The minimum absolute atomic E-state index is 0.0330. The van der Waals surface area contributed by atoms with Crippen LogP contribution in [0.4, 0.5) is 5.69 Å². The van der Waals surface area contributed by atoms with Crippen LogP contribution in [0.3, 0.4) is 0 Å². The Morgan fingerprint density at radius 3 is 2.58 bits per heavy atom. The molecule has 1 aliphatic rings. The van der Waals surface area contributed by atoms with E-state index in [4.69, 9.17) is 9.47 Å². The predicted molar refractivity (Wildman–Crippen MR) is 123 cm³/mol. The van der Waals surface area contributed by atoms with E-state index < -0.39 is 10.8 Å². The van der Waals surface area contributed by atoms with Gasteiger partial charge in [0.2, 0.25) is 0 Å². The van der Waals surface area contributed by atoms with Crippen molar-refractivity contribution >= 4 is 23.6 Å². The Hall–Kier alpha value is -3.72. The van der Waals surface area contributed by atoms with E-state index in [2.05, 4.69) is 12.2 Å². The first-order chi connectivity index (χ1) is 16.0. The SMILES string of the molecule is CCCCOc1ccc(C(=O)N/C(=C/c2cccc([N+](=O)[O-])c2)C(=O)N2CCOCC2)cc1. The molecule has 2 amide bonds. The summed E-state index contributed by atoms with van der Waals surface area (Å²) in [6.45, 7) is 4.28. The van der Waals surface area contributed by atoms with Crippen molar-refractivity contribution in [2.24, 2.45) is 0 Å². The van der Waals surface area contributed by atoms with Crippen molar-refractivity contribution in [2.45, 2.75) is 19.8 Å². The molecule has 1 saturated heterocycles. The van der Waals surface area contributed by atoms with E-state index >= 15 is 0 Å². The van der Waals surface area contributed by atoms with Crippen LogP contribution in [0, 0.1) is 10.1 Å². The van der Waals surface area contributed by atoms with E-state index in [0.717, 1.165) is 12.8 Å². The molecule has 9 heteroatoms. The van der Waals surface area contributed by atoms with Gasteiger partial charge < -0.3 is 19.7 Å². The van der Waals surface area contributed by atoms with Crippen molar-refractivity contribution in [3.8, 4) is 5.75 Å². The van der Waals surface area contributed by atoms with Crippen LogP contribution in [0.1, 0.15) is 35.7 Å². The van der Waals surface area contributed by atoms with Crippen LogP contribution in [0.15, 0.2) is 54.2 Å². The number of hydrogen-bond acceptors (Lipinski definition) is 6. The number of hydrogen-bond donors (Lipinski definition) is 1. The monoisotopic (exact) mass is 453 g/mol. The molecule has 2 aromatic carbocycles. The highest BCUT2D eigenvalue weighted by Gasteiger charge is 2.23. The molecular weight excluding hydrogens is 426 g/mol. The number of unbranched alkanes of at least 4 members (excludes halogenated alkanes) is 1. The smallest absolute Gasteiger partial charge is 0.270 e. The fraction of sp³-hybridized carbons (Fsp3) is 0.333. The van der Waals surface area contributed by atoms with Gasteiger partial charge in [-0.15, -0.1) is 0 Å². The highest BCUT2D eigenvalue weighted by Crippen LogP contribution is 2.18. The molecule has 1 aliphatic heterocycles. The number of non-ortho nitro benzene ring substituents is 1. The average molecular weight is 453 g/mol. The highest BCUT2D eigenvalue weighted by atomic mass is 16.6. The molecule has 33 heavy (non-hydrogen) atoms. The van der Waals surface area contributed by atoms with Gasteiger partial charge in [-0.3, -0.25) is 19.7 Å². The summed E-state index contributed by atoms with van der Waals surface area (Å²) in [5.74, 6) is -0.178. The van der Waals surface area contributed by atoms with Crippen LogP contribution in [-0.2, 0) is 9.53 Å². The number of nitro benzene ring substituents is 1. The number of ether oxygens (including phenoxy) is 2. The van der Waals surface area contributed by atoms with E-state index in [-0.39, 0.29) is 17.3 Å². The number of amides is 2. The van der Waals surface area contributed by atoms with Crippen LogP contribution in [0.5, 0.6) is 5.75 Å². The molecule has 1 fully saturated rings. The van der Waals surface area contributed by atoms with Crippen LogP contribution in [0.2, 0.25) is 0 Å². The van der Waals surface area contributed by atoms with Crippen molar-refractivity contribution < 1.29 is 24.0 Å². The lowest BCUT2D eigenvalue weighted by Gasteiger charge is -2.27. The third-order valence-electron chi connectivity index (χ3n) is 5.05. The quantitative estimate of drug-likeness (QED) is 0.270. The molecule has 0 aliphatic carbocycles. The van der Waals surface area contributed by atoms with Crippen LogP contribution in [0.25, 0.3) is 6.08 Å². The maximum Gasteiger partial charge on any atom is 0.270 e. The Bertz CT molecular complexity index is 1010. The second-order valence-corrected chi connectivity index (χ2v) is 7.50. The van der Waals surface area contributed by atoms with E-state index in [0.29, 0.717) is 49.8 Å². The summed E-state index contributed by atoms with van der Waals surface area (Å²) in [6.07, 6.45) is 3.42. The zero-order valence-corrected chi connectivity index (χ0v) is 18.5. The Labute approximate surface area is 192 Å². The first-order valence-electron chi connectivity index (χ1n) is 10.9. The van der Waals surface area contributed by atoms with Gasteiger partial charge in [-0.2, -0.15) is 0 Å². The van der Waals surface area contributed by atoms with Gasteiger partial charge in [-0.1, -0.05) is 25.5 Å².